The lowest BCUT2D eigenvalue weighted by Crippen LogP contribution is -2.06. The first-order chi connectivity index (χ1) is 14.4. The van der Waals surface area contributed by atoms with E-state index in [1.54, 1.807) is 42.5 Å². The van der Waals surface area contributed by atoms with E-state index in [2.05, 4.69) is 0 Å². The van der Waals surface area contributed by atoms with E-state index in [1.165, 1.54) is 13.2 Å². The van der Waals surface area contributed by atoms with E-state index in [9.17, 15) is 18.9 Å². The van der Waals surface area contributed by atoms with Crippen LogP contribution in [-0.2, 0) is 13.0 Å². The van der Waals surface area contributed by atoms with Crippen molar-refractivity contribution in [2.75, 3.05) is 7.11 Å². The van der Waals surface area contributed by atoms with Crippen LogP contribution in [0.15, 0.2) is 54.6 Å². The Morgan fingerprint density at radius 2 is 1.80 bits per heavy atom. The van der Waals surface area contributed by atoms with Crippen LogP contribution in [0.5, 0.6) is 11.5 Å². The van der Waals surface area contributed by atoms with Gasteiger partial charge in [-0.25, -0.2) is 4.39 Å². The van der Waals surface area contributed by atoms with Crippen LogP contribution in [0.25, 0.3) is 0 Å². The van der Waals surface area contributed by atoms with Crippen LogP contribution in [0, 0.1) is 33.1 Å². The molecule has 30 heavy (non-hydrogen) atoms. The smallest absolute Gasteiger partial charge is 0.309 e. The van der Waals surface area contributed by atoms with Gasteiger partial charge in [-0.3, -0.25) is 10.1 Å². The third kappa shape index (κ3) is 4.52. The molecule has 3 aromatic rings. The molecule has 0 saturated carbocycles. The maximum atomic E-state index is 15.0. The molecule has 0 aliphatic rings. The van der Waals surface area contributed by atoms with Crippen molar-refractivity contribution in [2.45, 2.75) is 13.0 Å². The summed E-state index contributed by atoms with van der Waals surface area (Å²) in [5.41, 5.74) is 0.523. The summed E-state index contributed by atoms with van der Waals surface area (Å²) in [4.78, 5) is 10.3. The van der Waals surface area contributed by atoms with Crippen LogP contribution < -0.4 is 9.47 Å². The fraction of sp³-hybridized carbons (Fsp3) is 0.136. The number of halogens is 2. The zero-order valence-corrected chi connectivity index (χ0v) is 15.9. The Balaban J connectivity index is 1.94. The predicted octanol–water partition coefficient (Wildman–Crippen LogP) is 4.92. The minimum absolute atomic E-state index is 0.0681. The lowest BCUT2D eigenvalue weighted by molar-refractivity contribution is -0.387. The summed E-state index contributed by atoms with van der Waals surface area (Å²) in [6, 6.07) is 15.8. The molecular formula is C22H16F2N2O4. The van der Waals surface area contributed by atoms with Crippen molar-refractivity contribution in [1.29, 1.82) is 5.26 Å². The standard InChI is InChI=1S/C22H16F2N2O4/c1-29-18-7-5-14(6-8-18)13-30-22-20(23)17(11-19(21(22)24)26(27)28)10-15-3-2-4-16(9-15)12-25/h2-9,11H,10,13H2,1H3. The summed E-state index contributed by atoms with van der Waals surface area (Å²) in [7, 11) is 1.51. The van der Waals surface area contributed by atoms with E-state index < -0.39 is 28.0 Å². The zero-order valence-electron chi connectivity index (χ0n) is 15.9. The van der Waals surface area contributed by atoms with Gasteiger partial charge >= 0.3 is 5.69 Å². The lowest BCUT2D eigenvalue weighted by Gasteiger charge is -2.12. The molecule has 152 valence electrons. The Labute approximate surface area is 171 Å². The van der Waals surface area contributed by atoms with E-state index in [1.807, 2.05) is 6.07 Å². The van der Waals surface area contributed by atoms with Gasteiger partial charge in [-0.15, -0.1) is 0 Å². The molecule has 3 aromatic carbocycles. The second-order valence-corrected chi connectivity index (χ2v) is 6.39. The number of nitro groups is 1. The van der Waals surface area contributed by atoms with Crippen molar-refractivity contribution >= 4 is 5.69 Å². The molecule has 0 N–H and O–H groups in total. The number of benzene rings is 3. The second kappa shape index (κ2) is 9.01. The Bertz CT molecular complexity index is 1130. The van der Waals surface area contributed by atoms with E-state index in [4.69, 9.17) is 14.7 Å². The van der Waals surface area contributed by atoms with E-state index in [-0.39, 0.29) is 18.6 Å². The van der Waals surface area contributed by atoms with Crippen molar-refractivity contribution in [2.24, 2.45) is 0 Å². The third-order valence-electron chi connectivity index (χ3n) is 4.41. The molecule has 0 fully saturated rings. The molecule has 0 amide bonds. The molecule has 3 rings (SSSR count). The lowest BCUT2D eigenvalue weighted by atomic mass is 10.0. The van der Waals surface area contributed by atoms with Gasteiger partial charge < -0.3 is 9.47 Å². The van der Waals surface area contributed by atoms with Gasteiger partial charge in [0.25, 0.3) is 0 Å². The number of ether oxygens (including phenoxy) is 2. The molecule has 0 aliphatic heterocycles. The van der Waals surface area contributed by atoms with Crippen LogP contribution in [-0.4, -0.2) is 12.0 Å². The van der Waals surface area contributed by atoms with Crippen molar-refractivity contribution in [3.63, 3.8) is 0 Å². The summed E-state index contributed by atoms with van der Waals surface area (Å²) >= 11 is 0. The Morgan fingerprint density at radius 3 is 2.43 bits per heavy atom. The van der Waals surface area contributed by atoms with E-state index >= 15 is 0 Å². The molecule has 0 atom stereocenters. The average molecular weight is 410 g/mol. The number of nitrogens with zero attached hydrogens (tertiary/aromatic N) is 2. The highest BCUT2D eigenvalue weighted by Crippen LogP contribution is 2.34. The van der Waals surface area contributed by atoms with Gasteiger partial charge in [0.2, 0.25) is 5.82 Å². The fourth-order valence-corrected chi connectivity index (χ4v) is 2.89. The summed E-state index contributed by atoms with van der Waals surface area (Å²) < 4.78 is 39.9. The number of hydrogen-bond donors (Lipinski definition) is 0. The van der Waals surface area contributed by atoms with Crippen LogP contribution in [0.3, 0.4) is 0 Å². The Morgan fingerprint density at radius 1 is 1.07 bits per heavy atom. The number of methoxy groups -OCH3 is 1. The quantitative estimate of drug-likeness (QED) is 0.408. The molecule has 0 saturated heterocycles. The Kier molecular flexibility index (Phi) is 6.23. The van der Waals surface area contributed by atoms with Gasteiger partial charge in [0.15, 0.2) is 11.6 Å². The predicted molar refractivity (Wildman–Crippen MR) is 104 cm³/mol. The van der Waals surface area contributed by atoms with E-state index in [0.717, 1.165) is 6.07 Å². The highest BCUT2D eigenvalue weighted by molar-refractivity contribution is 5.48. The van der Waals surface area contributed by atoms with Gasteiger partial charge in [-0.2, -0.15) is 9.65 Å². The summed E-state index contributed by atoms with van der Waals surface area (Å²) in [5, 5.41) is 20.3. The van der Waals surface area contributed by atoms with Crippen molar-refractivity contribution in [1.82, 2.24) is 0 Å². The first-order valence-electron chi connectivity index (χ1n) is 8.83. The maximum absolute atomic E-state index is 15.0. The largest absolute Gasteiger partial charge is 0.497 e. The zero-order chi connectivity index (χ0) is 21.7. The molecule has 0 radical (unpaired) electrons. The van der Waals surface area contributed by atoms with Crippen LogP contribution in [0.1, 0.15) is 22.3 Å². The number of nitriles is 1. The molecule has 0 spiro atoms. The highest BCUT2D eigenvalue weighted by atomic mass is 19.1. The molecule has 0 heterocycles. The van der Waals surface area contributed by atoms with Crippen molar-refractivity contribution < 1.29 is 23.2 Å². The molecule has 0 bridgehead atoms. The molecular weight excluding hydrogens is 394 g/mol. The molecule has 0 unspecified atom stereocenters. The fourth-order valence-electron chi connectivity index (χ4n) is 2.89. The summed E-state index contributed by atoms with van der Waals surface area (Å²) in [5.74, 6) is -2.60. The summed E-state index contributed by atoms with van der Waals surface area (Å²) in [6.45, 7) is -0.192. The molecule has 8 heteroatoms. The number of hydrogen-bond acceptors (Lipinski definition) is 5. The topological polar surface area (TPSA) is 85.4 Å². The molecule has 6 nitrogen and oxygen atoms in total. The first kappa shape index (κ1) is 20.7. The van der Waals surface area contributed by atoms with Crippen LogP contribution in [0.4, 0.5) is 14.5 Å². The van der Waals surface area contributed by atoms with Crippen molar-refractivity contribution in [3.05, 3.63) is 98.6 Å². The minimum atomic E-state index is -1.37. The normalized spacial score (nSPS) is 10.3. The second-order valence-electron chi connectivity index (χ2n) is 6.39. The van der Waals surface area contributed by atoms with Crippen LogP contribution >= 0.6 is 0 Å². The average Bonchev–Trinajstić information content (AvgIpc) is 2.76. The number of rotatable bonds is 7. The van der Waals surface area contributed by atoms with Gasteiger partial charge in [0.1, 0.15) is 12.4 Å². The first-order valence-corrected chi connectivity index (χ1v) is 8.83. The maximum Gasteiger partial charge on any atom is 0.309 e. The molecule has 0 aliphatic carbocycles. The van der Waals surface area contributed by atoms with Gasteiger partial charge in [0, 0.05) is 18.1 Å². The monoisotopic (exact) mass is 410 g/mol. The van der Waals surface area contributed by atoms with E-state index in [0.29, 0.717) is 22.4 Å². The minimum Gasteiger partial charge on any atom is -0.497 e. The highest BCUT2D eigenvalue weighted by Gasteiger charge is 2.27. The summed E-state index contributed by atoms with van der Waals surface area (Å²) in [6.07, 6.45) is -0.0681. The molecule has 0 aromatic heterocycles. The Hall–Kier alpha value is -3.99. The third-order valence-corrected chi connectivity index (χ3v) is 4.41. The van der Waals surface area contributed by atoms with Crippen molar-refractivity contribution in [3.8, 4) is 17.6 Å². The SMILES string of the molecule is COc1ccc(COc2c(F)c(Cc3cccc(C#N)c3)cc([N+](=O)[O-])c2F)cc1. The van der Waals surface area contributed by atoms with Gasteiger partial charge in [-0.1, -0.05) is 24.3 Å². The van der Waals surface area contributed by atoms with Crippen LogP contribution in [0.2, 0.25) is 0 Å². The van der Waals surface area contributed by atoms with Gasteiger partial charge in [-0.05, 0) is 35.4 Å². The number of nitro benzene ring substituents is 1. The van der Waals surface area contributed by atoms with Gasteiger partial charge in [0.05, 0.1) is 23.7 Å².